The first-order chi connectivity index (χ1) is 11.5. The second-order valence-corrected chi connectivity index (χ2v) is 6.86. The molecule has 24 heavy (non-hydrogen) atoms. The molecular formula is C17H12Cl2N2O2S. The number of nitrogens with one attached hydrogen (secondary N) is 2. The molecule has 1 heterocycles. The van der Waals surface area contributed by atoms with E-state index in [1.807, 2.05) is 0 Å². The lowest BCUT2D eigenvalue weighted by Crippen LogP contribution is -2.17. The number of rotatable bonds is 3. The highest BCUT2D eigenvalue weighted by molar-refractivity contribution is 7.21. The average Bonchev–Trinajstić information content (AvgIpc) is 2.91. The number of carbonyl (C=O) groups excluding carboxylic acids is 2. The van der Waals surface area contributed by atoms with E-state index < -0.39 is 0 Å². The summed E-state index contributed by atoms with van der Waals surface area (Å²) in [5.41, 5.74) is 1.10. The Labute approximate surface area is 152 Å². The molecule has 0 aliphatic carbocycles. The van der Waals surface area contributed by atoms with Crippen molar-refractivity contribution in [2.24, 2.45) is 0 Å². The molecule has 2 aromatic carbocycles. The summed E-state index contributed by atoms with van der Waals surface area (Å²) < 4.78 is 0.854. The standard InChI is InChI=1S/C17H12Cl2N2O2S/c1-20-16(22)9-2-5-11(6-3-9)21-17(23)15-14(19)12-7-4-10(18)8-13(12)24-15/h2-8H,1H3,(H,20,22)(H,21,23). The van der Waals surface area contributed by atoms with Gasteiger partial charge in [0.25, 0.3) is 11.8 Å². The number of amides is 2. The van der Waals surface area contributed by atoms with Crippen molar-refractivity contribution >= 4 is 62.1 Å². The molecule has 3 rings (SSSR count). The topological polar surface area (TPSA) is 58.2 Å². The second kappa shape index (κ2) is 6.81. The smallest absolute Gasteiger partial charge is 0.267 e. The van der Waals surface area contributed by atoms with Crippen LogP contribution in [0.5, 0.6) is 0 Å². The number of thiophene rings is 1. The molecule has 0 unspecified atom stereocenters. The average molecular weight is 379 g/mol. The third-order valence-corrected chi connectivity index (χ3v) is 5.32. The van der Waals surface area contributed by atoms with Gasteiger partial charge >= 0.3 is 0 Å². The van der Waals surface area contributed by atoms with E-state index in [4.69, 9.17) is 23.2 Å². The summed E-state index contributed by atoms with van der Waals surface area (Å²) in [7, 11) is 1.56. The largest absolute Gasteiger partial charge is 0.355 e. The van der Waals surface area contributed by atoms with Gasteiger partial charge in [0.2, 0.25) is 0 Å². The van der Waals surface area contributed by atoms with Crippen molar-refractivity contribution in [3.8, 4) is 0 Å². The quantitative estimate of drug-likeness (QED) is 0.686. The number of benzene rings is 2. The van der Waals surface area contributed by atoms with Crippen LogP contribution < -0.4 is 10.6 Å². The molecule has 0 aliphatic heterocycles. The van der Waals surface area contributed by atoms with E-state index in [1.165, 1.54) is 11.3 Å². The van der Waals surface area contributed by atoms with Gasteiger partial charge in [0.05, 0.1) is 5.02 Å². The molecule has 2 amide bonds. The van der Waals surface area contributed by atoms with Crippen LogP contribution in [-0.2, 0) is 0 Å². The van der Waals surface area contributed by atoms with E-state index in [2.05, 4.69) is 10.6 Å². The third kappa shape index (κ3) is 3.24. The highest BCUT2D eigenvalue weighted by atomic mass is 35.5. The van der Waals surface area contributed by atoms with Gasteiger partial charge in [-0.15, -0.1) is 11.3 Å². The summed E-state index contributed by atoms with van der Waals surface area (Å²) >= 11 is 13.6. The highest BCUT2D eigenvalue weighted by Crippen LogP contribution is 2.37. The van der Waals surface area contributed by atoms with Crippen molar-refractivity contribution in [2.45, 2.75) is 0 Å². The molecule has 0 aliphatic rings. The number of anilines is 1. The first-order valence-corrected chi connectivity index (χ1v) is 8.58. The molecule has 0 bridgehead atoms. The Morgan fingerprint density at radius 1 is 1.00 bits per heavy atom. The van der Waals surface area contributed by atoms with Crippen LogP contribution in [0.3, 0.4) is 0 Å². The maximum Gasteiger partial charge on any atom is 0.267 e. The van der Waals surface area contributed by atoms with Gasteiger partial charge in [0.15, 0.2) is 0 Å². The number of carbonyl (C=O) groups is 2. The zero-order valence-electron chi connectivity index (χ0n) is 12.5. The zero-order valence-corrected chi connectivity index (χ0v) is 14.9. The minimum atomic E-state index is -0.301. The van der Waals surface area contributed by atoms with E-state index in [0.717, 1.165) is 10.1 Å². The summed E-state index contributed by atoms with van der Waals surface area (Å²) in [5.74, 6) is -0.484. The molecule has 4 nitrogen and oxygen atoms in total. The van der Waals surface area contributed by atoms with Crippen LogP contribution in [0, 0.1) is 0 Å². The van der Waals surface area contributed by atoms with Crippen LogP contribution in [0.25, 0.3) is 10.1 Å². The van der Waals surface area contributed by atoms with Crippen molar-refractivity contribution in [2.75, 3.05) is 12.4 Å². The molecule has 0 fully saturated rings. The molecule has 1 aromatic heterocycles. The summed E-state index contributed by atoms with van der Waals surface area (Å²) in [6.07, 6.45) is 0. The van der Waals surface area contributed by atoms with Crippen molar-refractivity contribution < 1.29 is 9.59 Å². The lowest BCUT2D eigenvalue weighted by Gasteiger charge is -2.05. The summed E-state index contributed by atoms with van der Waals surface area (Å²) in [5, 5.41) is 7.12. The Hall–Kier alpha value is -2.08. The molecule has 0 saturated carbocycles. The maximum atomic E-state index is 12.5. The zero-order chi connectivity index (χ0) is 17.3. The molecule has 0 radical (unpaired) electrons. The molecule has 122 valence electrons. The van der Waals surface area contributed by atoms with Crippen molar-refractivity contribution in [1.82, 2.24) is 5.32 Å². The molecule has 3 aromatic rings. The number of hydrogen-bond acceptors (Lipinski definition) is 3. The fourth-order valence-corrected chi connectivity index (χ4v) is 3.91. The summed E-state index contributed by atoms with van der Waals surface area (Å²) in [4.78, 5) is 24.4. The Kier molecular flexibility index (Phi) is 4.76. The van der Waals surface area contributed by atoms with Crippen LogP contribution >= 0.6 is 34.5 Å². The Bertz CT molecular complexity index is 936. The van der Waals surface area contributed by atoms with Gasteiger partial charge in [0, 0.05) is 33.4 Å². The van der Waals surface area contributed by atoms with Gasteiger partial charge < -0.3 is 10.6 Å². The van der Waals surface area contributed by atoms with Crippen LogP contribution in [0.1, 0.15) is 20.0 Å². The summed E-state index contributed by atoms with van der Waals surface area (Å²) in [6.45, 7) is 0. The SMILES string of the molecule is CNC(=O)c1ccc(NC(=O)c2sc3cc(Cl)ccc3c2Cl)cc1. The summed E-state index contributed by atoms with van der Waals surface area (Å²) in [6, 6.07) is 11.9. The third-order valence-electron chi connectivity index (χ3n) is 3.43. The van der Waals surface area contributed by atoms with Crippen LogP contribution in [0.2, 0.25) is 10.0 Å². The predicted octanol–water partition coefficient (Wildman–Crippen LogP) is 4.82. The molecule has 0 spiro atoms. The van der Waals surface area contributed by atoms with E-state index in [1.54, 1.807) is 49.5 Å². The number of fused-ring (bicyclic) bond motifs is 1. The fourth-order valence-electron chi connectivity index (χ4n) is 2.22. The normalized spacial score (nSPS) is 10.6. The second-order valence-electron chi connectivity index (χ2n) is 5.00. The Balaban J connectivity index is 1.85. The van der Waals surface area contributed by atoms with Crippen LogP contribution in [-0.4, -0.2) is 18.9 Å². The predicted molar refractivity (Wildman–Crippen MR) is 99.6 cm³/mol. The first-order valence-electron chi connectivity index (χ1n) is 7.00. The minimum Gasteiger partial charge on any atom is -0.355 e. The van der Waals surface area contributed by atoms with E-state index in [9.17, 15) is 9.59 Å². The van der Waals surface area contributed by atoms with Crippen molar-refractivity contribution in [3.63, 3.8) is 0 Å². The Morgan fingerprint density at radius 2 is 1.71 bits per heavy atom. The van der Waals surface area contributed by atoms with Crippen LogP contribution in [0.15, 0.2) is 42.5 Å². The van der Waals surface area contributed by atoms with Crippen molar-refractivity contribution in [3.05, 3.63) is 63.0 Å². The molecule has 7 heteroatoms. The molecule has 0 atom stereocenters. The van der Waals surface area contributed by atoms with Gasteiger partial charge in [-0.25, -0.2) is 0 Å². The number of halogens is 2. The van der Waals surface area contributed by atoms with E-state index >= 15 is 0 Å². The maximum absolute atomic E-state index is 12.5. The van der Waals surface area contributed by atoms with Gasteiger partial charge in [-0.05, 0) is 36.4 Å². The first kappa shape index (κ1) is 16.8. The van der Waals surface area contributed by atoms with Gasteiger partial charge in [-0.3, -0.25) is 9.59 Å². The highest BCUT2D eigenvalue weighted by Gasteiger charge is 2.17. The van der Waals surface area contributed by atoms with Crippen LogP contribution in [0.4, 0.5) is 5.69 Å². The monoisotopic (exact) mass is 378 g/mol. The van der Waals surface area contributed by atoms with Gasteiger partial charge in [-0.1, -0.05) is 29.3 Å². The minimum absolute atomic E-state index is 0.183. The lowest BCUT2D eigenvalue weighted by atomic mass is 10.2. The molecular weight excluding hydrogens is 367 g/mol. The Morgan fingerprint density at radius 3 is 2.38 bits per heavy atom. The van der Waals surface area contributed by atoms with Gasteiger partial charge in [-0.2, -0.15) is 0 Å². The van der Waals surface area contributed by atoms with Crippen molar-refractivity contribution in [1.29, 1.82) is 0 Å². The van der Waals surface area contributed by atoms with Gasteiger partial charge in [0.1, 0.15) is 4.88 Å². The molecule has 2 N–H and O–H groups in total. The van der Waals surface area contributed by atoms with E-state index in [0.29, 0.717) is 26.2 Å². The van der Waals surface area contributed by atoms with E-state index in [-0.39, 0.29) is 11.8 Å². The fraction of sp³-hybridized carbons (Fsp3) is 0.0588. The molecule has 0 saturated heterocycles. The number of hydrogen-bond donors (Lipinski definition) is 2. The lowest BCUT2D eigenvalue weighted by molar-refractivity contribution is 0.0962.